The lowest BCUT2D eigenvalue weighted by Gasteiger charge is -2.31. The number of alkyl halides is 1. The third kappa shape index (κ3) is 2.07. The van der Waals surface area contributed by atoms with E-state index in [-0.39, 0.29) is 0 Å². The topological polar surface area (TPSA) is 0 Å². The minimum absolute atomic E-state index is 0.404. The minimum Gasteiger partial charge on any atom is -0.120 e. The highest BCUT2D eigenvalue weighted by Crippen LogP contribution is 2.52. The van der Waals surface area contributed by atoms with Gasteiger partial charge in [0.1, 0.15) is 0 Å². The molecule has 0 saturated carbocycles. The molecule has 0 amide bonds. The van der Waals surface area contributed by atoms with E-state index in [4.69, 9.17) is 0 Å². The van der Waals surface area contributed by atoms with Crippen LogP contribution < -0.4 is 0 Å². The number of halogens is 1. The number of hydrogen-bond donors (Lipinski definition) is 0. The van der Waals surface area contributed by atoms with E-state index >= 15 is 0 Å². The maximum Gasteiger partial charge on any atom is 0.0319 e. The average molecular weight is 332 g/mol. The Kier molecular flexibility index (Phi) is 3.36. The van der Waals surface area contributed by atoms with Gasteiger partial charge in [0, 0.05) is 13.6 Å². The molecular weight excluding hydrogens is 315 g/mol. The Labute approximate surface area is 110 Å². The third-order valence-electron chi connectivity index (χ3n) is 3.40. The van der Waals surface area contributed by atoms with Crippen LogP contribution in [0.5, 0.6) is 0 Å². The Morgan fingerprint density at radius 1 is 1.40 bits per heavy atom. The summed E-state index contributed by atoms with van der Waals surface area (Å²) in [6.07, 6.45) is 1.24. The quantitative estimate of drug-likeness (QED) is 0.550. The fourth-order valence-corrected chi connectivity index (χ4v) is 4.72. The van der Waals surface area contributed by atoms with E-state index in [1.54, 1.807) is 5.56 Å². The number of fused-ring (bicyclic) bond motifs is 1. The Morgan fingerprint density at radius 2 is 2.07 bits per heavy atom. The molecule has 0 bridgehead atoms. The van der Waals surface area contributed by atoms with Gasteiger partial charge in [-0.2, -0.15) is 0 Å². The third-order valence-corrected chi connectivity index (χ3v) is 7.07. The second-order valence-electron chi connectivity index (χ2n) is 4.50. The lowest BCUT2D eigenvalue weighted by molar-refractivity contribution is 0.562. The SMILES string of the molecule is CCC(C)(I)C1Sc2ccccc2C1C. The Balaban J connectivity index is 2.31. The van der Waals surface area contributed by atoms with E-state index in [0.717, 1.165) is 5.25 Å². The summed E-state index contributed by atoms with van der Waals surface area (Å²) in [7, 11) is 0. The van der Waals surface area contributed by atoms with Gasteiger partial charge in [-0.1, -0.05) is 54.6 Å². The first-order valence-corrected chi connectivity index (χ1v) is 7.46. The predicted octanol–water partition coefficient (Wildman–Crippen LogP) is 4.87. The maximum absolute atomic E-state index is 2.63. The van der Waals surface area contributed by atoms with Crippen LogP contribution in [0.1, 0.15) is 38.7 Å². The number of benzene rings is 1. The number of thioether (sulfide) groups is 1. The molecule has 15 heavy (non-hydrogen) atoms. The predicted molar refractivity (Wildman–Crippen MR) is 77.2 cm³/mol. The van der Waals surface area contributed by atoms with E-state index in [1.807, 2.05) is 0 Å². The van der Waals surface area contributed by atoms with E-state index in [9.17, 15) is 0 Å². The van der Waals surface area contributed by atoms with Crippen molar-refractivity contribution in [3.8, 4) is 0 Å². The molecule has 2 rings (SSSR count). The molecule has 3 atom stereocenters. The van der Waals surface area contributed by atoms with E-state index in [1.165, 1.54) is 11.3 Å². The van der Waals surface area contributed by atoms with Gasteiger partial charge in [-0.25, -0.2) is 0 Å². The van der Waals surface area contributed by atoms with E-state index < -0.39 is 0 Å². The van der Waals surface area contributed by atoms with Crippen LogP contribution in [0, 0.1) is 0 Å². The first kappa shape index (κ1) is 11.8. The monoisotopic (exact) mass is 332 g/mol. The second kappa shape index (κ2) is 4.28. The lowest BCUT2D eigenvalue weighted by Crippen LogP contribution is -2.31. The van der Waals surface area contributed by atoms with Crippen LogP contribution in [0.15, 0.2) is 29.2 Å². The van der Waals surface area contributed by atoms with Gasteiger partial charge in [0.2, 0.25) is 0 Å². The van der Waals surface area contributed by atoms with Gasteiger partial charge in [-0.3, -0.25) is 0 Å². The van der Waals surface area contributed by atoms with Gasteiger partial charge in [-0.05, 0) is 30.9 Å². The number of hydrogen-bond acceptors (Lipinski definition) is 1. The fraction of sp³-hybridized carbons (Fsp3) is 0.538. The minimum atomic E-state index is 0.404. The Morgan fingerprint density at radius 3 is 2.67 bits per heavy atom. The molecule has 0 aliphatic carbocycles. The van der Waals surface area contributed by atoms with Crippen molar-refractivity contribution in [1.82, 2.24) is 0 Å². The zero-order valence-corrected chi connectivity index (χ0v) is 12.4. The van der Waals surface area contributed by atoms with Crippen LogP contribution in [-0.4, -0.2) is 8.67 Å². The summed E-state index contributed by atoms with van der Waals surface area (Å²) in [4.78, 5) is 1.49. The smallest absolute Gasteiger partial charge is 0.0319 e. The van der Waals surface area contributed by atoms with Gasteiger partial charge < -0.3 is 0 Å². The molecule has 1 aromatic rings. The van der Waals surface area contributed by atoms with Crippen molar-refractivity contribution in [3.05, 3.63) is 29.8 Å². The highest BCUT2D eigenvalue weighted by atomic mass is 127. The zero-order chi connectivity index (χ0) is 11.1. The molecule has 0 nitrogen and oxygen atoms in total. The second-order valence-corrected chi connectivity index (χ2v) is 8.14. The molecule has 1 aromatic carbocycles. The van der Waals surface area contributed by atoms with Crippen LogP contribution in [-0.2, 0) is 0 Å². The molecule has 0 spiro atoms. The zero-order valence-electron chi connectivity index (χ0n) is 9.46. The van der Waals surface area contributed by atoms with Crippen molar-refractivity contribution < 1.29 is 0 Å². The molecular formula is C13H17IS. The van der Waals surface area contributed by atoms with E-state index in [0.29, 0.717) is 9.34 Å². The molecule has 0 aromatic heterocycles. The summed E-state index contributed by atoms with van der Waals surface area (Å²) in [6.45, 7) is 7.05. The summed E-state index contributed by atoms with van der Waals surface area (Å²) in [6, 6.07) is 8.86. The van der Waals surface area contributed by atoms with Gasteiger partial charge >= 0.3 is 0 Å². The molecule has 3 unspecified atom stereocenters. The van der Waals surface area contributed by atoms with Gasteiger partial charge in [-0.15, -0.1) is 11.8 Å². The standard InChI is InChI=1S/C13H17IS/c1-4-13(3,14)12-9(2)10-7-5-6-8-11(10)15-12/h5-9,12H,4H2,1-3H3. The summed E-state index contributed by atoms with van der Waals surface area (Å²) in [5.74, 6) is 0.688. The van der Waals surface area contributed by atoms with Crippen molar-refractivity contribution in [3.63, 3.8) is 0 Å². The number of rotatable bonds is 2. The summed E-state index contributed by atoms with van der Waals surface area (Å²) in [5.41, 5.74) is 1.55. The Hall–Kier alpha value is 0.300. The molecule has 1 heterocycles. The molecule has 2 heteroatoms. The molecule has 0 fully saturated rings. The van der Waals surface area contributed by atoms with Gasteiger partial charge in [0.25, 0.3) is 0 Å². The van der Waals surface area contributed by atoms with Crippen LogP contribution >= 0.6 is 34.4 Å². The van der Waals surface area contributed by atoms with Crippen molar-refractivity contribution in [1.29, 1.82) is 0 Å². The van der Waals surface area contributed by atoms with E-state index in [2.05, 4.69) is 79.4 Å². The van der Waals surface area contributed by atoms with Crippen LogP contribution in [0.25, 0.3) is 0 Å². The Bertz CT molecular complexity index is 359. The van der Waals surface area contributed by atoms with Gasteiger partial charge in [0.15, 0.2) is 0 Å². The highest BCUT2D eigenvalue weighted by Gasteiger charge is 2.40. The fourth-order valence-electron chi connectivity index (χ4n) is 2.21. The van der Waals surface area contributed by atoms with Crippen molar-refractivity contribution in [2.75, 3.05) is 0 Å². The van der Waals surface area contributed by atoms with Crippen LogP contribution in [0.4, 0.5) is 0 Å². The van der Waals surface area contributed by atoms with Crippen LogP contribution in [0.2, 0.25) is 0 Å². The van der Waals surface area contributed by atoms with Crippen molar-refractivity contribution in [2.24, 2.45) is 0 Å². The largest absolute Gasteiger partial charge is 0.120 e. The van der Waals surface area contributed by atoms with Crippen molar-refractivity contribution >= 4 is 34.4 Å². The molecule has 1 aliphatic rings. The van der Waals surface area contributed by atoms with Crippen LogP contribution in [0.3, 0.4) is 0 Å². The summed E-state index contributed by atoms with van der Waals surface area (Å²) in [5, 5.41) is 0.723. The molecule has 0 saturated heterocycles. The molecule has 0 N–H and O–H groups in total. The first-order chi connectivity index (χ1) is 7.06. The van der Waals surface area contributed by atoms with Gasteiger partial charge in [0.05, 0.1) is 0 Å². The highest BCUT2D eigenvalue weighted by molar-refractivity contribution is 14.1. The summed E-state index contributed by atoms with van der Waals surface area (Å²) < 4.78 is 0.404. The summed E-state index contributed by atoms with van der Waals surface area (Å²) >= 11 is 4.70. The van der Waals surface area contributed by atoms with Crippen molar-refractivity contribution in [2.45, 2.75) is 46.7 Å². The first-order valence-electron chi connectivity index (χ1n) is 5.50. The average Bonchev–Trinajstić information content (AvgIpc) is 2.58. The molecule has 0 radical (unpaired) electrons. The maximum atomic E-state index is 2.63. The molecule has 82 valence electrons. The normalized spacial score (nSPS) is 28.5. The lowest BCUT2D eigenvalue weighted by atomic mass is 9.90. The molecule has 1 aliphatic heterocycles.